The lowest BCUT2D eigenvalue weighted by Crippen LogP contribution is -2.31. The number of nitrogens with zero attached hydrogens (tertiary/aromatic N) is 4. The summed E-state index contributed by atoms with van der Waals surface area (Å²) < 4.78 is 7.48. The van der Waals surface area contributed by atoms with Gasteiger partial charge in [-0.15, -0.1) is 0 Å². The van der Waals surface area contributed by atoms with E-state index in [4.69, 9.17) is 9.72 Å². The average Bonchev–Trinajstić information content (AvgIpc) is 3.22. The number of hydrogen-bond donors (Lipinski definition) is 1. The normalized spacial score (nSPS) is 11.9. The molecule has 0 aliphatic rings. The molecule has 0 fully saturated rings. The fraction of sp³-hybridized carbons (Fsp3) is 0.259. The van der Waals surface area contributed by atoms with Crippen molar-refractivity contribution in [3.05, 3.63) is 77.0 Å². The number of nitrogens with one attached hydrogen (secondary N) is 1. The SMILES string of the molecule is Cc1cc(-n2ncc(C#N)c2NC(=O)C(C)Oc2ccccc2C(C)C)nc2c(C)cccc12. The fourth-order valence-corrected chi connectivity index (χ4v) is 3.90. The smallest absolute Gasteiger partial charge is 0.266 e. The van der Waals surface area contributed by atoms with Crippen LogP contribution >= 0.6 is 0 Å². The monoisotopic (exact) mass is 453 g/mol. The first-order valence-electron chi connectivity index (χ1n) is 11.2. The summed E-state index contributed by atoms with van der Waals surface area (Å²) in [6, 6.07) is 17.7. The van der Waals surface area contributed by atoms with E-state index < -0.39 is 6.10 Å². The first-order chi connectivity index (χ1) is 16.3. The van der Waals surface area contributed by atoms with Crippen molar-refractivity contribution in [3.63, 3.8) is 0 Å². The number of hydrogen-bond acceptors (Lipinski definition) is 5. The lowest BCUT2D eigenvalue weighted by molar-refractivity contribution is -0.122. The van der Waals surface area contributed by atoms with E-state index in [0.717, 1.165) is 27.6 Å². The van der Waals surface area contributed by atoms with E-state index in [-0.39, 0.29) is 23.2 Å². The average molecular weight is 454 g/mol. The van der Waals surface area contributed by atoms with Gasteiger partial charge in [-0.1, -0.05) is 50.2 Å². The zero-order valence-corrected chi connectivity index (χ0v) is 20.0. The second-order valence-corrected chi connectivity index (χ2v) is 8.64. The standard InChI is InChI=1S/C27H27N5O2/c1-16(2)21-10-6-7-12-23(21)34-19(5)27(33)31-26-20(14-28)15-29-32(26)24-13-18(4)22-11-8-9-17(3)25(22)30-24/h6-13,15-16,19H,1-5H3,(H,31,33). The van der Waals surface area contributed by atoms with Crippen LogP contribution in [0, 0.1) is 25.2 Å². The van der Waals surface area contributed by atoms with Crippen LogP contribution < -0.4 is 10.1 Å². The van der Waals surface area contributed by atoms with Crippen LogP contribution in [-0.4, -0.2) is 26.8 Å². The van der Waals surface area contributed by atoms with Gasteiger partial charge in [0.1, 0.15) is 17.4 Å². The number of nitriles is 1. The van der Waals surface area contributed by atoms with Crippen LogP contribution in [0.5, 0.6) is 5.75 Å². The summed E-state index contributed by atoms with van der Waals surface area (Å²) in [7, 11) is 0. The van der Waals surface area contributed by atoms with E-state index in [9.17, 15) is 10.1 Å². The maximum atomic E-state index is 13.1. The van der Waals surface area contributed by atoms with Gasteiger partial charge < -0.3 is 10.1 Å². The molecule has 0 radical (unpaired) electrons. The Hall–Kier alpha value is -4.18. The Kier molecular flexibility index (Phi) is 6.33. The van der Waals surface area contributed by atoms with Crippen LogP contribution in [-0.2, 0) is 4.79 Å². The van der Waals surface area contributed by atoms with Gasteiger partial charge in [-0.05, 0) is 55.5 Å². The molecule has 1 unspecified atom stereocenters. The van der Waals surface area contributed by atoms with Crippen molar-refractivity contribution in [2.75, 3.05) is 5.32 Å². The zero-order valence-electron chi connectivity index (χ0n) is 20.0. The van der Waals surface area contributed by atoms with Gasteiger partial charge in [0.25, 0.3) is 5.91 Å². The number of anilines is 1. The molecule has 0 aliphatic carbocycles. The highest BCUT2D eigenvalue weighted by atomic mass is 16.5. The van der Waals surface area contributed by atoms with Gasteiger partial charge >= 0.3 is 0 Å². The Morgan fingerprint density at radius 3 is 2.59 bits per heavy atom. The molecule has 4 aromatic rings. The third-order valence-electron chi connectivity index (χ3n) is 5.80. The van der Waals surface area contributed by atoms with Crippen LogP contribution in [0.15, 0.2) is 54.7 Å². The number of amides is 1. The molecular weight excluding hydrogens is 426 g/mol. The Morgan fingerprint density at radius 2 is 1.85 bits per heavy atom. The zero-order chi connectivity index (χ0) is 24.4. The molecule has 2 aromatic heterocycles. The van der Waals surface area contributed by atoms with Gasteiger partial charge in [-0.3, -0.25) is 4.79 Å². The minimum atomic E-state index is -0.789. The Balaban J connectivity index is 1.66. The summed E-state index contributed by atoms with van der Waals surface area (Å²) in [6.07, 6.45) is 0.636. The molecule has 0 saturated carbocycles. The number of aryl methyl sites for hydroxylation is 2. The van der Waals surface area contributed by atoms with Gasteiger partial charge in [0.05, 0.1) is 11.7 Å². The maximum absolute atomic E-state index is 13.1. The minimum Gasteiger partial charge on any atom is -0.481 e. The summed E-state index contributed by atoms with van der Waals surface area (Å²) in [5.74, 6) is 1.32. The highest BCUT2D eigenvalue weighted by Gasteiger charge is 2.22. The predicted molar refractivity (Wildman–Crippen MR) is 132 cm³/mol. The van der Waals surface area contributed by atoms with Crippen LogP contribution in [0.25, 0.3) is 16.7 Å². The van der Waals surface area contributed by atoms with Crippen molar-refractivity contribution in [3.8, 4) is 17.6 Å². The summed E-state index contributed by atoms with van der Waals surface area (Å²) in [6.45, 7) is 9.83. The molecule has 2 heterocycles. The van der Waals surface area contributed by atoms with Crippen LogP contribution in [0.4, 0.5) is 5.82 Å². The number of benzene rings is 2. The lowest BCUT2D eigenvalue weighted by atomic mass is 10.0. The summed E-state index contributed by atoms with van der Waals surface area (Å²) in [4.78, 5) is 17.8. The van der Waals surface area contributed by atoms with Crippen molar-refractivity contribution in [1.29, 1.82) is 5.26 Å². The number of ether oxygens (including phenoxy) is 1. The van der Waals surface area contributed by atoms with Gasteiger partial charge in [-0.25, -0.2) is 4.98 Å². The number of carbonyl (C=O) groups is 1. The third-order valence-corrected chi connectivity index (χ3v) is 5.80. The highest BCUT2D eigenvalue weighted by Crippen LogP contribution is 2.28. The third kappa shape index (κ3) is 4.35. The van der Waals surface area contributed by atoms with Crippen LogP contribution in [0.1, 0.15) is 48.9 Å². The second-order valence-electron chi connectivity index (χ2n) is 8.64. The molecule has 34 heavy (non-hydrogen) atoms. The Labute approximate surface area is 199 Å². The van der Waals surface area contributed by atoms with Crippen LogP contribution in [0.3, 0.4) is 0 Å². The van der Waals surface area contributed by atoms with Crippen molar-refractivity contribution in [2.45, 2.75) is 46.6 Å². The van der Waals surface area contributed by atoms with E-state index in [2.05, 4.69) is 30.3 Å². The van der Waals surface area contributed by atoms with Crippen molar-refractivity contribution in [1.82, 2.24) is 14.8 Å². The van der Waals surface area contributed by atoms with Crippen LogP contribution in [0.2, 0.25) is 0 Å². The van der Waals surface area contributed by atoms with Crippen molar-refractivity contribution in [2.24, 2.45) is 0 Å². The second kappa shape index (κ2) is 9.36. The molecule has 0 bridgehead atoms. The lowest BCUT2D eigenvalue weighted by Gasteiger charge is -2.19. The van der Waals surface area contributed by atoms with Gasteiger partial charge in [0, 0.05) is 5.39 Å². The van der Waals surface area contributed by atoms with Gasteiger partial charge in [0.2, 0.25) is 0 Å². The minimum absolute atomic E-state index is 0.243. The van der Waals surface area contributed by atoms with E-state index in [1.807, 2.05) is 62.4 Å². The molecule has 2 aromatic carbocycles. The van der Waals surface area contributed by atoms with E-state index >= 15 is 0 Å². The number of pyridine rings is 1. The van der Waals surface area contributed by atoms with E-state index in [1.54, 1.807) is 6.92 Å². The van der Waals surface area contributed by atoms with Gasteiger partial charge in [0.15, 0.2) is 17.7 Å². The summed E-state index contributed by atoms with van der Waals surface area (Å²) in [5.41, 5.74) is 4.18. The van der Waals surface area contributed by atoms with Crippen molar-refractivity contribution < 1.29 is 9.53 Å². The molecule has 7 heteroatoms. The largest absolute Gasteiger partial charge is 0.481 e. The number of aromatic nitrogens is 3. The topological polar surface area (TPSA) is 92.8 Å². The maximum Gasteiger partial charge on any atom is 0.266 e. The predicted octanol–water partition coefficient (Wildman–Crippen LogP) is 5.44. The molecule has 7 nitrogen and oxygen atoms in total. The molecule has 0 spiro atoms. The summed E-state index contributed by atoms with van der Waals surface area (Å²) in [5, 5.41) is 17.9. The molecule has 172 valence electrons. The first-order valence-corrected chi connectivity index (χ1v) is 11.2. The molecule has 0 aliphatic heterocycles. The Morgan fingerprint density at radius 1 is 1.09 bits per heavy atom. The highest BCUT2D eigenvalue weighted by molar-refractivity contribution is 5.95. The van der Waals surface area contributed by atoms with E-state index in [1.165, 1.54) is 10.9 Å². The quantitative estimate of drug-likeness (QED) is 0.420. The molecule has 4 rings (SSSR count). The number of rotatable bonds is 6. The molecule has 0 saturated heterocycles. The molecular formula is C27H27N5O2. The number of para-hydroxylation sites is 2. The molecule has 1 N–H and O–H groups in total. The first kappa shape index (κ1) is 23.0. The Bertz CT molecular complexity index is 1410. The fourth-order valence-electron chi connectivity index (χ4n) is 3.90. The van der Waals surface area contributed by atoms with Crippen molar-refractivity contribution >= 4 is 22.6 Å². The molecule has 1 amide bonds. The molecule has 1 atom stereocenters. The van der Waals surface area contributed by atoms with E-state index in [0.29, 0.717) is 11.6 Å². The number of carbonyl (C=O) groups excluding carboxylic acids is 1. The number of fused-ring (bicyclic) bond motifs is 1. The van der Waals surface area contributed by atoms with Gasteiger partial charge in [-0.2, -0.15) is 15.0 Å². The summed E-state index contributed by atoms with van der Waals surface area (Å²) >= 11 is 0.